The van der Waals surface area contributed by atoms with Crippen LogP contribution in [0, 0.1) is 16.0 Å². The molecule has 2 aromatic rings. The highest BCUT2D eigenvalue weighted by Gasteiger charge is 2.63. The molecule has 3 saturated heterocycles. The molecule has 0 saturated carbocycles. The van der Waals surface area contributed by atoms with Gasteiger partial charge in [-0.05, 0) is 24.6 Å². The molecule has 0 N–H and O–H groups in total. The third kappa shape index (κ3) is 2.84. The van der Waals surface area contributed by atoms with Crippen molar-refractivity contribution in [3.63, 3.8) is 0 Å². The number of nitro groups is 1. The van der Waals surface area contributed by atoms with Gasteiger partial charge in [0, 0.05) is 24.7 Å². The van der Waals surface area contributed by atoms with Crippen LogP contribution in [0.4, 0.5) is 11.4 Å². The van der Waals surface area contributed by atoms with E-state index in [1.54, 1.807) is 7.11 Å². The molecule has 3 atom stereocenters. The predicted molar refractivity (Wildman–Crippen MR) is 112 cm³/mol. The number of para-hydroxylation sites is 1. The molecule has 3 heterocycles. The SMILES string of the molecule is COc1ccccc1[C@@H]1[C@@H]2C(=O)N(c3ccc(Cl)c([N+](=O)[O-])c3)C(=O)[C@H]2N2CCCN12. The molecule has 3 fully saturated rings. The van der Waals surface area contributed by atoms with Gasteiger partial charge in [-0.15, -0.1) is 0 Å². The van der Waals surface area contributed by atoms with Crippen LogP contribution in [0.5, 0.6) is 5.75 Å². The fourth-order valence-electron chi connectivity index (χ4n) is 5.03. The van der Waals surface area contributed by atoms with Crippen molar-refractivity contribution in [2.75, 3.05) is 25.1 Å². The molecule has 0 bridgehead atoms. The molecule has 3 aliphatic heterocycles. The Morgan fingerprint density at radius 3 is 2.48 bits per heavy atom. The van der Waals surface area contributed by atoms with Gasteiger partial charge in [0.05, 0.1) is 29.7 Å². The Bertz CT molecular complexity index is 1110. The maximum atomic E-state index is 13.6. The van der Waals surface area contributed by atoms with Gasteiger partial charge in [-0.1, -0.05) is 29.8 Å². The summed E-state index contributed by atoms with van der Waals surface area (Å²) >= 11 is 5.92. The summed E-state index contributed by atoms with van der Waals surface area (Å²) in [5.74, 6) is -0.743. The number of benzene rings is 2. The Balaban J connectivity index is 1.60. The summed E-state index contributed by atoms with van der Waals surface area (Å²) in [5, 5.41) is 15.3. The fourth-order valence-corrected chi connectivity index (χ4v) is 5.22. The number of rotatable bonds is 4. The molecule has 31 heavy (non-hydrogen) atoms. The largest absolute Gasteiger partial charge is 0.496 e. The zero-order chi connectivity index (χ0) is 21.9. The maximum absolute atomic E-state index is 13.6. The first-order valence-electron chi connectivity index (χ1n) is 9.92. The average molecular weight is 443 g/mol. The Morgan fingerprint density at radius 2 is 1.77 bits per heavy atom. The average Bonchev–Trinajstić information content (AvgIpc) is 3.40. The highest BCUT2D eigenvalue weighted by atomic mass is 35.5. The summed E-state index contributed by atoms with van der Waals surface area (Å²) in [5.41, 5.74) is 0.653. The molecule has 9 nitrogen and oxygen atoms in total. The number of methoxy groups -OCH3 is 1. The number of imide groups is 1. The molecule has 2 aromatic carbocycles. The lowest BCUT2D eigenvalue weighted by atomic mass is 9.89. The van der Waals surface area contributed by atoms with Gasteiger partial charge in [0.25, 0.3) is 11.6 Å². The van der Waals surface area contributed by atoms with Crippen LogP contribution in [0.2, 0.25) is 5.02 Å². The second kappa shape index (κ2) is 7.30. The first-order valence-corrected chi connectivity index (χ1v) is 10.3. The van der Waals surface area contributed by atoms with Gasteiger partial charge in [-0.3, -0.25) is 19.7 Å². The molecular formula is C21H19ClN4O5. The van der Waals surface area contributed by atoms with Crippen LogP contribution in [0.15, 0.2) is 42.5 Å². The lowest BCUT2D eigenvalue weighted by molar-refractivity contribution is -0.384. The molecule has 0 unspecified atom stereocenters. The number of anilines is 1. The van der Waals surface area contributed by atoms with E-state index < -0.39 is 16.9 Å². The van der Waals surface area contributed by atoms with Crippen molar-refractivity contribution < 1.29 is 19.2 Å². The molecule has 5 rings (SSSR count). The van der Waals surface area contributed by atoms with E-state index in [-0.39, 0.29) is 34.3 Å². The van der Waals surface area contributed by atoms with E-state index in [2.05, 4.69) is 5.01 Å². The third-order valence-corrected chi connectivity index (χ3v) is 6.57. The molecule has 160 valence electrons. The normalized spacial score (nSPS) is 25.7. The summed E-state index contributed by atoms with van der Waals surface area (Å²) in [6, 6.07) is 10.5. The second-order valence-corrected chi connectivity index (χ2v) is 8.15. The maximum Gasteiger partial charge on any atom is 0.289 e. The fraction of sp³-hybridized carbons (Fsp3) is 0.333. The van der Waals surface area contributed by atoms with Gasteiger partial charge < -0.3 is 4.74 Å². The number of ether oxygens (including phenoxy) is 1. The molecule has 0 spiro atoms. The van der Waals surface area contributed by atoms with Crippen LogP contribution in [0.3, 0.4) is 0 Å². The van der Waals surface area contributed by atoms with Crippen molar-refractivity contribution in [3.8, 4) is 5.75 Å². The quantitative estimate of drug-likeness (QED) is 0.408. The minimum absolute atomic E-state index is 0.0503. The topological polar surface area (TPSA) is 96.2 Å². The molecule has 3 aliphatic rings. The molecular weight excluding hydrogens is 424 g/mol. The van der Waals surface area contributed by atoms with Crippen LogP contribution in [0.1, 0.15) is 18.0 Å². The smallest absolute Gasteiger partial charge is 0.289 e. The van der Waals surface area contributed by atoms with E-state index in [4.69, 9.17) is 16.3 Å². The van der Waals surface area contributed by atoms with E-state index in [0.717, 1.165) is 23.4 Å². The predicted octanol–water partition coefficient (Wildman–Crippen LogP) is 2.79. The third-order valence-electron chi connectivity index (χ3n) is 6.25. The van der Waals surface area contributed by atoms with Crippen LogP contribution in [-0.4, -0.2) is 53.0 Å². The van der Waals surface area contributed by atoms with Crippen molar-refractivity contribution in [1.29, 1.82) is 0 Å². The van der Waals surface area contributed by atoms with Crippen LogP contribution in [-0.2, 0) is 9.59 Å². The lowest BCUT2D eigenvalue weighted by Gasteiger charge is -2.30. The van der Waals surface area contributed by atoms with Crippen LogP contribution >= 0.6 is 11.6 Å². The summed E-state index contributed by atoms with van der Waals surface area (Å²) < 4.78 is 5.54. The van der Waals surface area contributed by atoms with Gasteiger partial charge in [0.2, 0.25) is 5.91 Å². The lowest BCUT2D eigenvalue weighted by Crippen LogP contribution is -2.44. The van der Waals surface area contributed by atoms with Gasteiger partial charge in [0.1, 0.15) is 16.8 Å². The number of fused-ring (bicyclic) bond motifs is 3. The van der Waals surface area contributed by atoms with Crippen molar-refractivity contribution in [2.24, 2.45) is 5.92 Å². The summed E-state index contributed by atoms with van der Waals surface area (Å²) in [7, 11) is 1.58. The minimum atomic E-state index is -0.653. The standard InChI is InChI=1S/C21H19ClN4O5/c1-31-16-6-3-2-5-13(16)18-17-19(24-10-4-9-23(18)24)21(28)25(20(17)27)12-7-8-14(22)15(11-12)26(29)30/h2-3,5-8,11,17-19H,4,9-10H2,1H3/t17-,18+,19-/m0/s1. The zero-order valence-electron chi connectivity index (χ0n) is 16.6. The summed E-state index contributed by atoms with van der Waals surface area (Å²) in [6.07, 6.45) is 0.878. The summed E-state index contributed by atoms with van der Waals surface area (Å²) in [4.78, 5) is 38.8. The van der Waals surface area contributed by atoms with E-state index in [1.165, 1.54) is 18.2 Å². The minimum Gasteiger partial charge on any atom is -0.496 e. The highest BCUT2D eigenvalue weighted by molar-refractivity contribution is 6.33. The molecule has 2 amide bonds. The first-order chi connectivity index (χ1) is 14.9. The zero-order valence-corrected chi connectivity index (χ0v) is 17.4. The van der Waals surface area contributed by atoms with Crippen molar-refractivity contribution in [3.05, 3.63) is 63.2 Å². The summed E-state index contributed by atoms with van der Waals surface area (Å²) in [6.45, 7) is 1.41. The molecule has 10 heteroatoms. The molecule has 0 aromatic heterocycles. The molecule has 0 radical (unpaired) electrons. The number of carbonyl (C=O) groups excluding carboxylic acids is 2. The Labute approximate surface area is 182 Å². The number of nitro benzene ring substituents is 1. The number of hydrogen-bond acceptors (Lipinski definition) is 7. The Morgan fingerprint density at radius 1 is 1.06 bits per heavy atom. The highest BCUT2D eigenvalue weighted by Crippen LogP contribution is 2.50. The van der Waals surface area contributed by atoms with Crippen molar-refractivity contribution in [1.82, 2.24) is 10.0 Å². The second-order valence-electron chi connectivity index (χ2n) is 7.74. The van der Waals surface area contributed by atoms with Gasteiger partial charge >= 0.3 is 0 Å². The van der Waals surface area contributed by atoms with Crippen molar-refractivity contribution >= 4 is 34.8 Å². The number of halogens is 1. The van der Waals surface area contributed by atoms with Crippen LogP contribution in [0.25, 0.3) is 0 Å². The van der Waals surface area contributed by atoms with E-state index in [1.807, 2.05) is 29.3 Å². The number of hydrogen-bond donors (Lipinski definition) is 0. The number of nitrogens with zero attached hydrogens (tertiary/aromatic N) is 4. The van der Waals surface area contributed by atoms with E-state index >= 15 is 0 Å². The monoisotopic (exact) mass is 442 g/mol. The Hall–Kier alpha value is -3.01. The van der Waals surface area contributed by atoms with Gasteiger partial charge in [-0.25, -0.2) is 14.9 Å². The van der Waals surface area contributed by atoms with E-state index in [9.17, 15) is 19.7 Å². The molecule has 0 aliphatic carbocycles. The first kappa shape index (κ1) is 19.9. The number of carbonyl (C=O) groups is 2. The van der Waals surface area contributed by atoms with Gasteiger partial charge in [-0.2, -0.15) is 0 Å². The van der Waals surface area contributed by atoms with Gasteiger partial charge in [0.15, 0.2) is 0 Å². The number of amides is 2. The number of hydrazine groups is 1. The van der Waals surface area contributed by atoms with E-state index in [0.29, 0.717) is 12.3 Å². The Kier molecular flexibility index (Phi) is 4.69. The van der Waals surface area contributed by atoms with Crippen molar-refractivity contribution in [2.45, 2.75) is 18.5 Å². The van der Waals surface area contributed by atoms with Crippen LogP contribution < -0.4 is 9.64 Å².